The van der Waals surface area contributed by atoms with E-state index in [9.17, 15) is 17.7 Å². The Morgan fingerprint density at radius 2 is 1.82 bits per heavy atom. The van der Waals surface area contributed by atoms with Crippen LogP contribution in [0.15, 0.2) is 59.6 Å². The van der Waals surface area contributed by atoms with E-state index >= 15 is 0 Å². The minimum atomic E-state index is -4.54. The molecule has 0 bridgehead atoms. The predicted octanol–water partition coefficient (Wildman–Crippen LogP) is 4.46. The zero-order valence-corrected chi connectivity index (χ0v) is 15.9. The van der Waals surface area contributed by atoms with Crippen molar-refractivity contribution < 1.29 is 17.7 Å². The number of hydrogen-bond donors (Lipinski definition) is 2. The molecular formula is C19H17F3N4OS. The van der Waals surface area contributed by atoms with Gasteiger partial charge in [-0.15, -0.1) is 4.72 Å². The minimum Gasteiger partial charge on any atom is -0.593 e. The van der Waals surface area contributed by atoms with Crippen molar-refractivity contribution in [3.63, 3.8) is 0 Å². The van der Waals surface area contributed by atoms with E-state index in [1.54, 1.807) is 37.4 Å². The van der Waals surface area contributed by atoms with Crippen molar-refractivity contribution in [3.8, 4) is 11.1 Å². The molecule has 0 fully saturated rings. The predicted molar refractivity (Wildman–Crippen MR) is 102 cm³/mol. The van der Waals surface area contributed by atoms with Crippen LogP contribution in [0.2, 0.25) is 0 Å². The fourth-order valence-corrected chi connectivity index (χ4v) is 3.31. The third-order valence-electron chi connectivity index (χ3n) is 3.85. The zero-order chi connectivity index (χ0) is 20.3. The van der Waals surface area contributed by atoms with Crippen LogP contribution in [0, 0.1) is 6.92 Å². The molecule has 9 heteroatoms. The molecule has 5 nitrogen and oxygen atoms in total. The molecule has 0 saturated heterocycles. The van der Waals surface area contributed by atoms with Gasteiger partial charge in [0.2, 0.25) is 5.95 Å². The Balaban J connectivity index is 1.93. The maximum atomic E-state index is 12.8. The molecule has 146 valence electrons. The van der Waals surface area contributed by atoms with Gasteiger partial charge in [0, 0.05) is 25.0 Å². The lowest BCUT2D eigenvalue weighted by atomic mass is 10.0. The second-order valence-electron chi connectivity index (χ2n) is 5.98. The summed E-state index contributed by atoms with van der Waals surface area (Å²) in [6.07, 6.45) is -3.48. The van der Waals surface area contributed by atoms with Crippen LogP contribution in [-0.2, 0) is 17.5 Å². The molecule has 0 amide bonds. The molecule has 1 aromatic heterocycles. The van der Waals surface area contributed by atoms with Crippen molar-refractivity contribution in [1.29, 1.82) is 0 Å². The maximum absolute atomic E-state index is 12.8. The molecule has 0 aliphatic heterocycles. The summed E-state index contributed by atoms with van der Waals surface area (Å²) in [5, 5.41) is 2.82. The van der Waals surface area contributed by atoms with Gasteiger partial charge in [-0.2, -0.15) is 13.2 Å². The van der Waals surface area contributed by atoms with Crippen molar-refractivity contribution in [2.75, 3.05) is 12.4 Å². The summed E-state index contributed by atoms with van der Waals surface area (Å²) >= 11 is -1.32. The van der Waals surface area contributed by atoms with Crippen LogP contribution >= 0.6 is 0 Å². The van der Waals surface area contributed by atoms with Gasteiger partial charge >= 0.3 is 6.18 Å². The summed E-state index contributed by atoms with van der Waals surface area (Å²) in [5.74, 6) is -0.142. The monoisotopic (exact) mass is 406 g/mol. The molecule has 1 atom stereocenters. The Bertz CT molecular complexity index is 981. The van der Waals surface area contributed by atoms with E-state index in [1.165, 1.54) is 0 Å². The fraction of sp³-hybridized carbons (Fsp3) is 0.158. The molecule has 1 heterocycles. The highest BCUT2D eigenvalue weighted by Crippen LogP contribution is 2.30. The second kappa shape index (κ2) is 8.17. The molecule has 0 radical (unpaired) electrons. The van der Waals surface area contributed by atoms with Crippen LogP contribution in [0.5, 0.6) is 0 Å². The summed E-state index contributed by atoms with van der Waals surface area (Å²) in [7, 11) is 1.60. The van der Waals surface area contributed by atoms with E-state index in [0.717, 1.165) is 29.0 Å². The van der Waals surface area contributed by atoms with Crippen LogP contribution in [0.1, 0.15) is 11.3 Å². The van der Waals surface area contributed by atoms with Gasteiger partial charge in [-0.05, 0) is 47.9 Å². The highest BCUT2D eigenvalue weighted by atomic mass is 32.2. The number of aryl methyl sites for hydroxylation is 1. The van der Waals surface area contributed by atoms with Gasteiger partial charge in [-0.1, -0.05) is 18.2 Å². The van der Waals surface area contributed by atoms with E-state index in [2.05, 4.69) is 20.0 Å². The highest BCUT2D eigenvalue weighted by Gasteiger charge is 2.32. The lowest BCUT2D eigenvalue weighted by molar-refractivity contribution is -0.141. The molecule has 28 heavy (non-hydrogen) atoms. The molecule has 3 rings (SSSR count). The van der Waals surface area contributed by atoms with Crippen molar-refractivity contribution in [1.82, 2.24) is 14.7 Å². The van der Waals surface area contributed by atoms with Gasteiger partial charge in [0.25, 0.3) is 0 Å². The number of nitrogens with one attached hydrogen (secondary N) is 2. The average Bonchev–Trinajstić information content (AvgIpc) is 2.66. The maximum Gasteiger partial charge on any atom is 0.433 e. The molecule has 2 N–H and O–H groups in total. The van der Waals surface area contributed by atoms with Crippen molar-refractivity contribution >= 4 is 23.0 Å². The zero-order valence-electron chi connectivity index (χ0n) is 15.0. The van der Waals surface area contributed by atoms with E-state index in [4.69, 9.17) is 0 Å². The first-order valence-corrected chi connectivity index (χ1v) is 9.40. The van der Waals surface area contributed by atoms with E-state index < -0.39 is 23.2 Å². The largest absolute Gasteiger partial charge is 0.593 e. The quantitative estimate of drug-likeness (QED) is 0.612. The SMILES string of the molecule is CN[S+]([O-])c1cccc(-c2cc(C)cc(Nc3nccc(C(F)(F)F)n3)c2)c1. The lowest BCUT2D eigenvalue weighted by Gasteiger charge is -2.12. The van der Waals surface area contributed by atoms with Crippen molar-refractivity contribution in [2.24, 2.45) is 0 Å². The third-order valence-corrected chi connectivity index (χ3v) is 4.90. The van der Waals surface area contributed by atoms with Crippen molar-refractivity contribution in [3.05, 3.63) is 66.0 Å². The van der Waals surface area contributed by atoms with E-state index in [-0.39, 0.29) is 5.95 Å². The number of rotatable bonds is 5. The van der Waals surface area contributed by atoms with Crippen LogP contribution in [0.3, 0.4) is 0 Å². The van der Waals surface area contributed by atoms with Crippen LogP contribution in [0.25, 0.3) is 11.1 Å². The standard InChI is InChI=1S/C19H17F3N4OS/c1-12-8-14(13-4-3-5-16(11-13)28(27)23-2)10-15(9-12)25-18-24-7-6-17(26-18)19(20,21)22/h3-11,23H,1-2H3,(H,24,25,26). The number of halogens is 3. The number of hydrogen-bond acceptors (Lipinski definition) is 5. The summed E-state index contributed by atoms with van der Waals surface area (Å²) in [6, 6.07) is 13.5. The summed E-state index contributed by atoms with van der Waals surface area (Å²) in [5.41, 5.74) is 2.09. The normalized spacial score (nSPS) is 12.6. The Kier molecular flexibility index (Phi) is 5.87. The van der Waals surface area contributed by atoms with Gasteiger partial charge in [-0.3, -0.25) is 0 Å². The summed E-state index contributed by atoms with van der Waals surface area (Å²) < 4.78 is 53.2. The smallest absolute Gasteiger partial charge is 0.433 e. The Hall–Kier alpha value is -2.62. The topological polar surface area (TPSA) is 72.9 Å². The first kappa shape index (κ1) is 20.1. The van der Waals surface area contributed by atoms with Gasteiger partial charge in [-0.25, -0.2) is 9.97 Å². The van der Waals surface area contributed by atoms with E-state index in [0.29, 0.717) is 10.6 Å². The lowest BCUT2D eigenvalue weighted by Crippen LogP contribution is -2.18. The summed E-state index contributed by atoms with van der Waals surface area (Å²) in [6.45, 7) is 1.87. The first-order chi connectivity index (χ1) is 13.3. The fourth-order valence-electron chi connectivity index (χ4n) is 2.64. The van der Waals surface area contributed by atoms with Gasteiger partial charge in [0.1, 0.15) is 5.69 Å². The molecule has 3 aromatic rings. The molecule has 1 unspecified atom stereocenters. The Labute approximate surface area is 163 Å². The summed E-state index contributed by atoms with van der Waals surface area (Å²) in [4.78, 5) is 8.00. The number of aromatic nitrogens is 2. The Morgan fingerprint density at radius 1 is 1.04 bits per heavy atom. The third kappa shape index (κ3) is 4.80. The first-order valence-electron chi connectivity index (χ1n) is 8.25. The van der Waals surface area contributed by atoms with E-state index in [1.807, 2.05) is 19.1 Å². The van der Waals surface area contributed by atoms with Crippen LogP contribution < -0.4 is 10.0 Å². The number of nitrogens with zero attached hydrogens (tertiary/aromatic N) is 2. The minimum absolute atomic E-state index is 0.142. The van der Waals surface area contributed by atoms with Gasteiger partial charge < -0.3 is 9.87 Å². The van der Waals surface area contributed by atoms with Crippen LogP contribution in [-0.4, -0.2) is 21.6 Å². The number of benzene rings is 2. The molecule has 0 aliphatic carbocycles. The van der Waals surface area contributed by atoms with Gasteiger partial charge in [0.05, 0.1) is 11.4 Å². The Morgan fingerprint density at radius 3 is 2.54 bits per heavy atom. The molecular weight excluding hydrogens is 389 g/mol. The molecule has 0 spiro atoms. The number of alkyl halides is 3. The second-order valence-corrected chi connectivity index (χ2v) is 7.39. The number of anilines is 2. The van der Waals surface area contributed by atoms with Crippen molar-refractivity contribution in [2.45, 2.75) is 18.0 Å². The molecule has 0 aliphatic rings. The molecule has 2 aromatic carbocycles. The van der Waals surface area contributed by atoms with Gasteiger partial charge in [0.15, 0.2) is 4.90 Å². The molecule has 0 saturated carbocycles. The van der Waals surface area contributed by atoms with Crippen LogP contribution in [0.4, 0.5) is 24.8 Å². The average molecular weight is 406 g/mol. The highest BCUT2D eigenvalue weighted by molar-refractivity contribution is 7.89.